The van der Waals surface area contributed by atoms with Gasteiger partial charge >= 0.3 is 0 Å². The predicted octanol–water partition coefficient (Wildman–Crippen LogP) is 2.74. The molecule has 0 atom stereocenters. The van der Waals surface area contributed by atoms with E-state index in [0.717, 1.165) is 0 Å². The fourth-order valence-corrected chi connectivity index (χ4v) is 2.39. The summed E-state index contributed by atoms with van der Waals surface area (Å²) in [7, 11) is 0. The summed E-state index contributed by atoms with van der Waals surface area (Å²) in [6.45, 7) is 2.25. The molecular formula is C10H10Cl2N2O3. The van der Waals surface area contributed by atoms with Gasteiger partial charge in [0.2, 0.25) is 0 Å². The van der Waals surface area contributed by atoms with Crippen molar-refractivity contribution in [2.45, 2.75) is 0 Å². The van der Waals surface area contributed by atoms with E-state index >= 15 is 0 Å². The van der Waals surface area contributed by atoms with Crippen molar-refractivity contribution < 1.29 is 9.66 Å². The molecule has 1 aliphatic heterocycles. The molecule has 0 saturated carbocycles. The van der Waals surface area contributed by atoms with E-state index in [1.54, 1.807) is 0 Å². The van der Waals surface area contributed by atoms with Crippen LogP contribution < -0.4 is 4.90 Å². The summed E-state index contributed by atoms with van der Waals surface area (Å²) in [6, 6.07) is 2.83. The van der Waals surface area contributed by atoms with Crippen LogP contribution in [0.25, 0.3) is 0 Å². The maximum Gasteiger partial charge on any atom is 0.295 e. The molecule has 0 amide bonds. The molecule has 92 valence electrons. The molecule has 1 saturated heterocycles. The van der Waals surface area contributed by atoms with Crippen LogP contribution in [0.2, 0.25) is 10.0 Å². The Labute approximate surface area is 108 Å². The van der Waals surface area contributed by atoms with Crippen LogP contribution in [0.15, 0.2) is 12.1 Å². The second kappa shape index (κ2) is 5.08. The number of benzene rings is 1. The summed E-state index contributed by atoms with van der Waals surface area (Å²) in [4.78, 5) is 12.4. The van der Waals surface area contributed by atoms with Crippen molar-refractivity contribution in [3.8, 4) is 0 Å². The van der Waals surface area contributed by atoms with E-state index in [4.69, 9.17) is 27.9 Å². The molecule has 7 heteroatoms. The van der Waals surface area contributed by atoms with Gasteiger partial charge in [0.15, 0.2) is 0 Å². The van der Waals surface area contributed by atoms with Crippen LogP contribution >= 0.6 is 23.2 Å². The first-order valence-corrected chi connectivity index (χ1v) is 5.81. The Morgan fingerprint density at radius 2 is 1.94 bits per heavy atom. The van der Waals surface area contributed by atoms with Gasteiger partial charge in [0.25, 0.3) is 5.69 Å². The Hall–Kier alpha value is -1.04. The molecule has 0 aliphatic carbocycles. The SMILES string of the molecule is O=[N+]([O-])c1cc(Cl)cc(Cl)c1N1CCOCC1. The molecule has 1 aliphatic rings. The van der Waals surface area contributed by atoms with Gasteiger partial charge in [-0.15, -0.1) is 0 Å². The van der Waals surface area contributed by atoms with Gasteiger partial charge in [-0.05, 0) is 6.07 Å². The molecule has 0 aromatic heterocycles. The van der Waals surface area contributed by atoms with Crippen LogP contribution in [0, 0.1) is 10.1 Å². The maximum absolute atomic E-state index is 11.0. The van der Waals surface area contributed by atoms with Gasteiger partial charge in [-0.2, -0.15) is 0 Å². The highest BCUT2D eigenvalue weighted by Crippen LogP contribution is 2.38. The monoisotopic (exact) mass is 276 g/mol. The minimum atomic E-state index is -0.470. The highest BCUT2D eigenvalue weighted by Gasteiger charge is 2.25. The average Bonchev–Trinajstić information content (AvgIpc) is 2.29. The van der Waals surface area contributed by atoms with Crippen LogP contribution in [0.3, 0.4) is 0 Å². The van der Waals surface area contributed by atoms with E-state index < -0.39 is 4.92 Å². The number of morpholine rings is 1. The van der Waals surface area contributed by atoms with Gasteiger partial charge in [-0.1, -0.05) is 23.2 Å². The largest absolute Gasteiger partial charge is 0.378 e. The minimum absolute atomic E-state index is 0.0654. The first kappa shape index (κ1) is 12.4. The van der Waals surface area contributed by atoms with E-state index in [-0.39, 0.29) is 10.7 Å². The zero-order chi connectivity index (χ0) is 12.4. The summed E-state index contributed by atoms with van der Waals surface area (Å²) in [5.41, 5.74) is 0.355. The average molecular weight is 277 g/mol. The lowest BCUT2D eigenvalue weighted by Gasteiger charge is -2.29. The lowest BCUT2D eigenvalue weighted by molar-refractivity contribution is -0.384. The van der Waals surface area contributed by atoms with E-state index in [9.17, 15) is 10.1 Å². The number of hydrogen-bond donors (Lipinski definition) is 0. The van der Waals surface area contributed by atoms with Gasteiger partial charge < -0.3 is 9.64 Å². The molecule has 17 heavy (non-hydrogen) atoms. The molecule has 1 aromatic rings. The summed E-state index contributed by atoms with van der Waals surface area (Å²) in [6.07, 6.45) is 0. The zero-order valence-electron chi connectivity index (χ0n) is 8.86. The highest BCUT2D eigenvalue weighted by atomic mass is 35.5. The topological polar surface area (TPSA) is 55.6 Å². The number of rotatable bonds is 2. The third-order valence-electron chi connectivity index (χ3n) is 2.53. The molecule has 1 aromatic carbocycles. The Morgan fingerprint density at radius 1 is 1.29 bits per heavy atom. The fourth-order valence-electron chi connectivity index (χ4n) is 1.79. The van der Waals surface area contributed by atoms with Crippen molar-refractivity contribution >= 4 is 34.6 Å². The second-order valence-electron chi connectivity index (χ2n) is 3.61. The van der Waals surface area contributed by atoms with E-state index in [1.165, 1.54) is 12.1 Å². The third kappa shape index (κ3) is 2.62. The van der Waals surface area contributed by atoms with Crippen molar-refractivity contribution in [1.82, 2.24) is 0 Å². The van der Waals surface area contributed by atoms with Crippen molar-refractivity contribution in [3.63, 3.8) is 0 Å². The molecule has 1 heterocycles. The molecule has 0 unspecified atom stereocenters. The first-order chi connectivity index (χ1) is 8.09. The van der Waals surface area contributed by atoms with Crippen LogP contribution in [-0.2, 0) is 4.74 Å². The molecule has 0 spiro atoms. The number of nitrogens with zero attached hydrogens (tertiary/aromatic N) is 2. The molecule has 0 N–H and O–H groups in total. The van der Waals surface area contributed by atoms with E-state index in [1.807, 2.05) is 4.90 Å². The lowest BCUT2D eigenvalue weighted by atomic mass is 10.2. The third-order valence-corrected chi connectivity index (χ3v) is 3.04. The Balaban J connectivity index is 2.46. The zero-order valence-corrected chi connectivity index (χ0v) is 10.4. The molecule has 1 fully saturated rings. The van der Waals surface area contributed by atoms with Crippen LogP contribution in [-0.4, -0.2) is 31.2 Å². The van der Waals surface area contributed by atoms with Crippen molar-refractivity contribution in [1.29, 1.82) is 0 Å². The number of ether oxygens (including phenoxy) is 1. The summed E-state index contributed by atoms with van der Waals surface area (Å²) < 4.78 is 5.20. The van der Waals surface area contributed by atoms with Gasteiger partial charge in [0.1, 0.15) is 5.69 Å². The number of hydrogen-bond acceptors (Lipinski definition) is 4. The highest BCUT2D eigenvalue weighted by molar-refractivity contribution is 6.37. The van der Waals surface area contributed by atoms with E-state index in [0.29, 0.717) is 37.0 Å². The fraction of sp³-hybridized carbons (Fsp3) is 0.400. The number of halogens is 2. The van der Waals surface area contributed by atoms with Crippen LogP contribution in [0.5, 0.6) is 0 Å². The smallest absolute Gasteiger partial charge is 0.295 e. The molecule has 2 rings (SSSR count). The van der Waals surface area contributed by atoms with Crippen molar-refractivity contribution in [3.05, 3.63) is 32.3 Å². The number of nitro benzene ring substituents is 1. The van der Waals surface area contributed by atoms with Crippen molar-refractivity contribution in [2.75, 3.05) is 31.2 Å². The van der Waals surface area contributed by atoms with Gasteiger partial charge in [0.05, 0.1) is 23.2 Å². The predicted molar refractivity (Wildman–Crippen MR) is 66.1 cm³/mol. The minimum Gasteiger partial charge on any atom is -0.378 e. The Morgan fingerprint density at radius 3 is 2.53 bits per heavy atom. The number of anilines is 1. The molecule has 0 radical (unpaired) electrons. The van der Waals surface area contributed by atoms with Crippen LogP contribution in [0.1, 0.15) is 0 Å². The quantitative estimate of drug-likeness (QED) is 0.616. The van der Waals surface area contributed by atoms with E-state index in [2.05, 4.69) is 0 Å². The van der Waals surface area contributed by atoms with Gasteiger partial charge in [-0.25, -0.2) is 0 Å². The maximum atomic E-state index is 11.0. The van der Waals surface area contributed by atoms with Crippen LogP contribution in [0.4, 0.5) is 11.4 Å². The summed E-state index contributed by atoms with van der Waals surface area (Å²) in [5.74, 6) is 0. The standard InChI is InChI=1S/C10H10Cl2N2O3/c11-7-5-8(12)10(9(6-7)14(15)16)13-1-3-17-4-2-13/h5-6H,1-4H2. The Bertz CT molecular complexity index is 447. The molecular weight excluding hydrogens is 267 g/mol. The van der Waals surface area contributed by atoms with Gasteiger partial charge in [0, 0.05) is 24.2 Å². The molecule has 5 nitrogen and oxygen atoms in total. The summed E-state index contributed by atoms with van der Waals surface area (Å²) in [5, 5.41) is 11.6. The Kier molecular flexibility index (Phi) is 3.71. The second-order valence-corrected chi connectivity index (χ2v) is 4.46. The van der Waals surface area contributed by atoms with Crippen molar-refractivity contribution in [2.24, 2.45) is 0 Å². The normalized spacial score (nSPS) is 16.0. The number of nitro groups is 1. The first-order valence-electron chi connectivity index (χ1n) is 5.05. The van der Waals surface area contributed by atoms with Gasteiger partial charge in [-0.3, -0.25) is 10.1 Å². The molecule has 0 bridgehead atoms. The lowest BCUT2D eigenvalue weighted by Crippen LogP contribution is -2.36. The summed E-state index contributed by atoms with van der Waals surface area (Å²) >= 11 is 11.8.